The van der Waals surface area contributed by atoms with Crippen LogP contribution in [0.3, 0.4) is 0 Å². The van der Waals surface area contributed by atoms with Gasteiger partial charge in [0, 0.05) is 12.3 Å². The van der Waals surface area contributed by atoms with Gasteiger partial charge in [0.2, 0.25) is 0 Å². The standard InChI is InChI=1S/C15H18O/c1-2-6-12(7-3-1)10-14-11-13-8-4-5-9-15(13)16-14/h1-3,6-7,10,13,15H,4-5,8-9,11H2/b14-10+/t13-,15+/m0/s1. The smallest absolute Gasteiger partial charge is 0.101 e. The first-order chi connectivity index (χ1) is 7.92. The molecule has 2 fully saturated rings. The maximum Gasteiger partial charge on any atom is 0.101 e. The normalized spacial score (nSPS) is 31.1. The molecule has 1 aliphatic heterocycles. The average Bonchev–Trinajstić information content (AvgIpc) is 2.72. The minimum Gasteiger partial charge on any atom is -0.494 e. The molecule has 0 aromatic heterocycles. The minimum absolute atomic E-state index is 0.517. The Morgan fingerprint density at radius 3 is 2.69 bits per heavy atom. The SMILES string of the molecule is C(=C1/C[C@@H]2CCCC[C@H]2O1)/c1ccccc1. The summed E-state index contributed by atoms with van der Waals surface area (Å²) in [6.45, 7) is 0. The molecule has 0 N–H and O–H groups in total. The van der Waals surface area contributed by atoms with Gasteiger partial charge < -0.3 is 4.74 Å². The first-order valence-electron chi connectivity index (χ1n) is 6.34. The molecule has 16 heavy (non-hydrogen) atoms. The van der Waals surface area contributed by atoms with Crippen molar-refractivity contribution in [3.8, 4) is 0 Å². The third-order valence-corrected chi connectivity index (χ3v) is 3.73. The van der Waals surface area contributed by atoms with Crippen molar-refractivity contribution in [2.24, 2.45) is 5.92 Å². The Labute approximate surface area is 97.1 Å². The lowest BCUT2D eigenvalue weighted by Gasteiger charge is -2.22. The molecule has 1 saturated carbocycles. The van der Waals surface area contributed by atoms with Gasteiger partial charge in [0.25, 0.3) is 0 Å². The van der Waals surface area contributed by atoms with E-state index in [2.05, 4.69) is 36.4 Å². The Hall–Kier alpha value is -1.24. The highest BCUT2D eigenvalue weighted by atomic mass is 16.5. The van der Waals surface area contributed by atoms with Crippen molar-refractivity contribution in [2.75, 3.05) is 0 Å². The second kappa shape index (κ2) is 4.32. The molecule has 0 spiro atoms. The molecule has 1 nitrogen and oxygen atoms in total. The number of benzene rings is 1. The molecule has 1 aromatic carbocycles. The monoisotopic (exact) mass is 214 g/mol. The van der Waals surface area contributed by atoms with Gasteiger partial charge in [-0.15, -0.1) is 0 Å². The number of ether oxygens (including phenoxy) is 1. The number of hydrogen-bond donors (Lipinski definition) is 0. The van der Waals surface area contributed by atoms with Crippen LogP contribution >= 0.6 is 0 Å². The molecule has 1 heteroatoms. The lowest BCUT2D eigenvalue weighted by atomic mass is 9.86. The topological polar surface area (TPSA) is 9.23 Å². The molecular weight excluding hydrogens is 196 g/mol. The fourth-order valence-corrected chi connectivity index (χ4v) is 2.89. The molecule has 1 heterocycles. The summed E-state index contributed by atoms with van der Waals surface area (Å²) >= 11 is 0. The minimum atomic E-state index is 0.517. The van der Waals surface area contributed by atoms with Crippen LogP contribution in [-0.4, -0.2) is 6.10 Å². The van der Waals surface area contributed by atoms with Crippen LogP contribution in [0, 0.1) is 5.92 Å². The van der Waals surface area contributed by atoms with Gasteiger partial charge in [-0.2, -0.15) is 0 Å². The molecule has 2 atom stereocenters. The molecule has 0 unspecified atom stereocenters. The highest BCUT2D eigenvalue weighted by Crippen LogP contribution is 2.39. The van der Waals surface area contributed by atoms with E-state index in [0.717, 1.165) is 12.3 Å². The summed E-state index contributed by atoms with van der Waals surface area (Å²) in [5, 5.41) is 0. The van der Waals surface area contributed by atoms with Crippen LogP contribution in [-0.2, 0) is 4.74 Å². The van der Waals surface area contributed by atoms with E-state index < -0.39 is 0 Å². The Morgan fingerprint density at radius 2 is 1.88 bits per heavy atom. The fraction of sp³-hybridized carbons (Fsp3) is 0.467. The van der Waals surface area contributed by atoms with E-state index in [4.69, 9.17) is 4.74 Å². The van der Waals surface area contributed by atoms with Gasteiger partial charge in [0.05, 0.1) is 5.76 Å². The summed E-state index contributed by atoms with van der Waals surface area (Å²) in [7, 11) is 0. The second-order valence-corrected chi connectivity index (χ2v) is 4.93. The van der Waals surface area contributed by atoms with Crippen LogP contribution in [0.1, 0.15) is 37.7 Å². The third kappa shape index (κ3) is 1.99. The molecule has 84 valence electrons. The zero-order valence-electron chi connectivity index (χ0n) is 9.56. The Bertz CT molecular complexity index is 364. The summed E-state index contributed by atoms with van der Waals surface area (Å²) in [5.74, 6) is 1.99. The predicted molar refractivity (Wildman–Crippen MR) is 65.9 cm³/mol. The highest BCUT2D eigenvalue weighted by molar-refractivity contribution is 5.51. The molecular formula is C15H18O. The molecule has 2 aliphatic rings. The highest BCUT2D eigenvalue weighted by Gasteiger charge is 2.33. The van der Waals surface area contributed by atoms with Crippen molar-refractivity contribution in [1.82, 2.24) is 0 Å². The largest absolute Gasteiger partial charge is 0.494 e. The molecule has 0 bridgehead atoms. The van der Waals surface area contributed by atoms with E-state index in [-0.39, 0.29) is 0 Å². The van der Waals surface area contributed by atoms with Gasteiger partial charge in [0.15, 0.2) is 0 Å². The lowest BCUT2D eigenvalue weighted by Crippen LogP contribution is -2.19. The van der Waals surface area contributed by atoms with E-state index in [9.17, 15) is 0 Å². The van der Waals surface area contributed by atoms with Crippen molar-refractivity contribution in [2.45, 2.75) is 38.2 Å². The van der Waals surface area contributed by atoms with E-state index in [1.807, 2.05) is 0 Å². The maximum absolute atomic E-state index is 6.03. The Kier molecular flexibility index (Phi) is 2.69. The molecule has 1 aliphatic carbocycles. The Balaban J connectivity index is 1.75. The Morgan fingerprint density at radius 1 is 1.06 bits per heavy atom. The predicted octanol–water partition coefficient (Wildman–Crippen LogP) is 4.01. The summed E-state index contributed by atoms with van der Waals surface area (Å²) in [6, 6.07) is 10.5. The van der Waals surface area contributed by atoms with E-state index in [0.29, 0.717) is 6.10 Å². The zero-order chi connectivity index (χ0) is 10.8. The number of fused-ring (bicyclic) bond motifs is 1. The van der Waals surface area contributed by atoms with Gasteiger partial charge in [-0.25, -0.2) is 0 Å². The molecule has 1 saturated heterocycles. The van der Waals surface area contributed by atoms with Crippen LogP contribution in [0.15, 0.2) is 36.1 Å². The van der Waals surface area contributed by atoms with Crippen LogP contribution in [0.4, 0.5) is 0 Å². The maximum atomic E-state index is 6.03. The van der Waals surface area contributed by atoms with Crippen LogP contribution < -0.4 is 0 Å². The molecule has 3 rings (SSSR count). The van der Waals surface area contributed by atoms with E-state index in [1.165, 1.54) is 37.0 Å². The van der Waals surface area contributed by atoms with Gasteiger partial charge in [0.1, 0.15) is 6.10 Å². The van der Waals surface area contributed by atoms with Crippen LogP contribution in [0.2, 0.25) is 0 Å². The lowest BCUT2D eigenvalue weighted by molar-refractivity contribution is 0.0991. The fourth-order valence-electron chi connectivity index (χ4n) is 2.89. The van der Waals surface area contributed by atoms with Gasteiger partial charge >= 0.3 is 0 Å². The van der Waals surface area contributed by atoms with Crippen molar-refractivity contribution in [3.63, 3.8) is 0 Å². The van der Waals surface area contributed by atoms with Gasteiger partial charge in [-0.1, -0.05) is 36.8 Å². The van der Waals surface area contributed by atoms with Crippen molar-refractivity contribution in [1.29, 1.82) is 0 Å². The second-order valence-electron chi connectivity index (χ2n) is 4.93. The quantitative estimate of drug-likeness (QED) is 0.686. The first kappa shape index (κ1) is 9.95. The summed E-state index contributed by atoms with van der Waals surface area (Å²) < 4.78 is 6.03. The van der Waals surface area contributed by atoms with Gasteiger partial charge in [-0.3, -0.25) is 0 Å². The summed E-state index contributed by atoms with van der Waals surface area (Å²) in [4.78, 5) is 0. The van der Waals surface area contributed by atoms with E-state index >= 15 is 0 Å². The van der Waals surface area contributed by atoms with Crippen LogP contribution in [0.5, 0.6) is 0 Å². The number of hydrogen-bond acceptors (Lipinski definition) is 1. The zero-order valence-corrected chi connectivity index (χ0v) is 9.56. The summed E-state index contributed by atoms with van der Waals surface area (Å²) in [6.07, 6.45) is 9.23. The third-order valence-electron chi connectivity index (χ3n) is 3.73. The van der Waals surface area contributed by atoms with Crippen LogP contribution in [0.25, 0.3) is 6.08 Å². The van der Waals surface area contributed by atoms with E-state index in [1.54, 1.807) is 0 Å². The van der Waals surface area contributed by atoms with Crippen molar-refractivity contribution >= 4 is 6.08 Å². The summed E-state index contributed by atoms with van der Waals surface area (Å²) in [5.41, 5.74) is 1.26. The number of allylic oxidation sites excluding steroid dienone is 1. The average molecular weight is 214 g/mol. The number of rotatable bonds is 1. The van der Waals surface area contributed by atoms with Crippen molar-refractivity contribution < 1.29 is 4.74 Å². The van der Waals surface area contributed by atoms with Crippen molar-refractivity contribution in [3.05, 3.63) is 41.7 Å². The molecule has 0 amide bonds. The molecule has 0 radical (unpaired) electrons. The first-order valence-corrected chi connectivity index (χ1v) is 6.34. The van der Waals surface area contributed by atoms with Gasteiger partial charge in [-0.05, 0) is 30.9 Å². The molecule has 1 aromatic rings.